The number of amides is 1. The van der Waals surface area contributed by atoms with Gasteiger partial charge in [0.25, 0.3) is 5.91 Å². The second-order valence-corrected chi connectivity index (χ2v) is 6.31. The highest BCUT2D eigenvalue weighted by atomic mass is 79.9. The molecule has 1 amide bonds. The van der Waals surface area contributed by atoms with Gasteiger partial charge >= 0.3 is 0 Å². The van der Waals surface area contributed by atoms with Crippen LogP contribution in [-0.2, 0) is 6.42 Å². The van der Waals surface area contributed by atoms with Crippen LogP contribution in [0.15, 0.2) is 53.5 Å². The monoisotopic (exact) mass is 384 g/mol. The summed E-state index contributed by atoms with van der Waals surface area (Å²) in [5.41, 5.74) is 4.52. The van der Waals surface area contributed by atoms with E-state index in [1.54, 1.807) is 18.7 Å². The molecule has 0 saturated carbocycles. The summed E-state index contributed by atoms with van der Waals surface area (Å²) in [7, 11) is 0. The maximum absolute atomic E-state index is 12.6. The summed E-state index contributed by atoms with van der Waals surface area (Å²) in [5.74, 6) is -0.127. The topological polar surface area (TPSA) is 59.8 Å². The molecule has 5 nitrogen and oxygen atoms in total. The van der Waals surface area contributed by atoms with Crippen molar-refractivity contribution in [3.05, 3.63) is 70.2 Å². The molecule has 2 aromatic carbocycles. The number of hydrogen-bond donors (Lipinski definition) is 1. The fraction of sp³-hybridized carbons (Fsp3) is 0.167. The van der Waals surface area contributed by atoms with Crippen LogP contribution in [0.2, 0.25) is 0 Å². The molecule has 0 radical (unpaired) electrons. The minimum Gasteiger partial charge on any atom is -0.321 e. The molecule has 0 atom stereocenters. The van der Waals surface area contributed by atoms with Crippen LogP contribution in [0.25, 0.3) is 5.69 Å². The number of aryl methyl sites for hydroxylation is 2. The molecule has 0 saturated heterocycles. The van der Waals surface area contributed by atoms with Crippen molar-refractivity contribution >= 4 is 27.5 Å². The standard InChI is InChI=1S/C18H17BrN4O/c1-3-13-9-14(23-10-20-21-11-23)8-12(2)17(13)22-18(24)15-6-4-5-7-16(15)19/h4-11H,3H2,1-2H3,(H,22,24). The summed E-state index contributed by atoms with van der Waals surface area (Å²) in [6, 6.07) is 11.5. The van der Waals surface area contributed by atoms with E-state index in [1.165, 1.54) is 0 Å². The normalized spacial score (nSPS) is 10.6. The molecule has 0 spiro atoms. The number of nitrogens with one attached hydrogen (secondary N) is 1. The summed E-state index contributed by atoms with van der Waals surface area (Å²) in [6.07, 6.45) is 4.13. The largest absolute Gasteiger partial charge is 0.321 e. The number of nitrogens with zero attached hydrogens (tertiary/aromatic N) is 3. The minimum absolute atomic E-state index is 0.127. The molecule has 0 fully saturated rings. The SMILES string of the molecule is CCc1cc(-n2cnnc2)cc(C)c1NC(=O)c1ccccc1Br. The Morgan fingerprint density at radius 1 is 1.21 bits per heavy atom. The number of carbonyl (C=O) groups excluding carboxylic acids is 1. The molecule has 6 heteroatoms. The first-order valence-corrected chi connectivity index (χ1v) is 8.44. The van der Waals surface area contributed by atoms with Gasteiger partial charge in [0.1, 0.15) is 12.7 Å². The van der Waals surface area contributed by atoms with Gasteiger partial charge in [0, 0.05) is 15.8 Å². The van der Waals surface area contributed by atoms with E-state index in [1.807, 2.05) is 41.8 Å². The van der Waals surface area contributed by atoms with Crippen LogP contribution < -0.4 is 5.32 Å². The number of benzene rings is 2. The molecule has 24 heavy (non-hydrogen) atoms. The Labute approximate surface area is 148 Å². The van der Waals surface area contributed by atoms with Gasteiger partial charge in [-0.2, -0.15) is 0 Å². The molecular weight excluding hydrogens is 368 g/mol. The smallest absolute Gasteiger partial charge is 0.256 e. The van der Waals surface area contributed by atoms with Crippen LogP contribution in [0.4, 0.5) is 5.69 Å². The molecule has 3 rings (SSSR count). The molecule has 0 aliphatic heterocycles. The fourth-order valence-corrected chi connectivity index (χ4v) is 3.07. The van der Waals surface area contributed by atoms with Gasteiger partial charge in [0.05, 0.1) is 5.56 Å². The third-order valence-corrected chi connectivity index (χ3v) is 4.55. The maximum Gasteiger partial charge on any atom is 0.256 e. The first-order chi connectivity index (χ1) is 11.6. The van der Waals surface area contributed by atoms with E-state index in [2.05, 4.69) is 38.4 Å². The van der Waals surface area contributed by atoms with Crippen LogP contribution in [0.1, 0.15) is 28.4 Å². The Hall–Kier alpha value is -2.47. The van der Waals surface area contributed by atoms with Crippen molar-refractivity contribution in [2.24, 2.45) is 0 Å². The van der Waals surface area contributed by atoms with Crippen molar-refractivity contribution in [3.63, 3.8) is 0 Å². The van der Waals surface area contributed by atoms with Crippen LogP contribution in [0.5, 0.6) is 0 Å². The zero-order valence-electron chi connectivity index (χ0n) is 13.5. The van der Waals surface area contributed by atoms with E-state index in [4.69, 9.17) is 0 Å². The van der Waals surface area contributed by atoms with Gasteiger partial charge in [-0.25, -0.2) is 0 Å². The predicted octanol–water partition coefficient (Wildman–Crippen LogP) is 4.15. The van der Waals surface area contributed by atoms with Gasteiger partial charge in [-0.15, -0.1) is 10.2 Å². The Morgan fingerprint density at radius 2 is 1.92 bits per heavy atom. The third-order valence-electron chi connectivity index (χ3n) is 3.86. The number of aromatic nitrogens is 3. The van der Waals surface area contributed by atoms with E-state index >= 15 is 0 Å². The minimum atomic E-state index is -0.127. The van der Waals surface area contributed by atoms with Crippen LogP contribution in [-0.4, -0.2) is 20.7 Å². The Morgan fingerprint density at radius 3 is 2.58 bits per heavy atom. The average Bonchev–Trinajstić information content (AvgIpc) is 3.11. The van der Waals surface area contributed by atoms with E-state index < -0.39 is 0 Å². The van der Waals surface area contributed by atoms with Crippen molar-refractivity contribution in [2.45, 2.75) is 20.3 Å². The summed E-state index contributed by atoms with van der Waals surface area (Å²) in [5, 5.41) is 10.7. The lowest BCUT2D eigenvalue weighted by molar-refractivity contribution is 0.102. The van der Waals surface area contributed by atoms with Crippen LogP contribution >= 0.6 is 15.9 Å². The molecular formula is C18H17BrN4O. The number of rotatable bonds is 4. The second-order valence-electron chi connectivity index (χ2n) is 5.45. The molecule has 0 aliphatic carbocycles. The van der Waals surface area contributed by atoms with E-state index in [-0.39, 0.29) is 5.91 Å². The first kappa shape index (κ1) is 16.4. The Balaban J connectivity index is 1.96. The lowest BCUT2D eigenvalue weighted by Crippen LogP contribution is -2.15. The maximum atomic E-state index is 12.6. The molecule has 1 heterocycles. The number of hydrogen-bond acceptors (Lipinski definition) is 3. The average molecular weight is 385 g/mol. The fourth-order valence-electron chi connectivity index (χ4n) is 2.61. The van der Waals surface area contributed by atoms with Crippen molar-refractivity contribution < 1.29 is 4.79 Å². The lowest BCUT2D eigenvalue weighted by atomic mass is 10.0. The van der Waals surface area contributed by atoms with E-state index in [0.717, 1.165) is 33.4 Å². The molecule has 1 N–H and O–H groups in total. The van der Waals surface area contributed by atoms with Crippen molar-refractivity contribution in [1.29, 1.82) is 0 Å². The zero-order valence-corrected chi connectivity index (χ0v) is 15.0. The van der Waals surface area contributed by atoms with E-state index in [0.29, 0.717) is 5.56 Å². The Kier molecular flexibility index (Phi) is 4.76. The molecule has 0 aliphatic rings. The van der Waals surface area contributed by atoms with Crippen molar-refractivity contribution in [1.82, 2.24) is 14.8 Å². The first-order valence-electron chi connectivity index (χ1n) is 7.64. The quantitative estimate of drug-likeness (QED) is 0.734. The van der Waals surface area contributed by atoms with Gasteiger partial charge < -0.3 is 5.32 Å². The number of halogens is 1. The summed E-state index contributed by atoms with van der Waals surface area (Å²) < 4.78 is 2.63. The molecule has 122 valence electrons. The highest BCUT2D eigenvalue weighted by molar-refractivity contribution is 9.10. The lowest BCUT2D eigenvalue weighted by Gasteiger charge is -2.16. The zero-order chi connectivity index (χ0) is 17.1. The molecule has 0 bridgehead atoms. The Bertz CT molecular complexity index is 875. The predicted molar refractivity (Wildman–Crippen MR) is 97.6 cm³/mol. The third kappa shape index (κ3) is 3.23. The number of anilines is 1. The molecule has 0 unspecified atom stereocenters. The highest BCUT2D eigenvalue weighted by Crippen LogP contribution is 2.27. The van der Waals surface area contributed by atoms with Gasteiger partial charge in [-0.3, -0.25) is 9.36 Å². The van der Waals surface area contributed by atoms with Gasteiger partial charge in [0.2, 0.25) is 0 Å². The van der Waals surface area contributed by atoms with Gasteiger partial charge in [0.15, 0.2) is 0 Å². The van der Waals surface area contributed by atoms with E-state index in [9.17, 15) is 4.79 Å². The van der Waals surface area contributed by atoms with Gasteiger partial charge in [-0.05, 0) is 64.7 Å². The van der Waals surface area contributed by atoms with Gasteiger partial charge in [-0.1, -0.05) is 19.1 Å². The van der Waals surface area contributed by atoms with Crippen molar-refractivity contribution in [3.8, 4) is 5.69 Å². The summed E-state index contributed by atoms with van der Waals surface area (Å²) in [6.45, 7) is 4.06. The molecule has 1 aromatic heterocycles. The van der Waals surface area contributed by atoms with Crippen LogP contribution in [0, 0.1) is 6.92 Å². The summed E-state index contributed by atoms with van der Waals surface area (Å²) in [4.78, 5) is 12.6. The summed E-state index contributed by atoms with van der Waals surface area (Å²) >= 11 is 3.42. The molecule has 3 aromatic rings. The van der Waals surface area contributed by atoms with Crippen LogP contribution in [0.3, 0.4) is 0 Å². The second kappa shape index (κ2) is 6.97. The van der Waals surface area contributed by atoms with Crippen molar-refractivity contribution in [2.75, 3.05) is 5.32 Å². The highest BCUT2D eigenvalue weighted by Gasteiger charge is 2.14. The number of carbonyl (C=O) groups is 1.